The fourth-order valence-corrected chi connectivity index (χ4v) is 3.46. The molecule has 0 radical (unpaired) electrons. The topological polar surface area (TPSA) is 54.6 Å². The molecule has 2 aliphatic heterocycles. The Balaban J connectivity index is 1.55. The molecule has 0 aliphatic carbocycles. The fourth-order valence-electron chi connectivity index (χ4n) is 3.46. The zero-order valence-electron chi connectivity index (χ0n) is 12.9. The van der Waals surface area contributed by atoms with Gasteiger partial charge in [0.15, 0.2) is 0 Å². The molecule has 0 saturated carbocycles. The first kappa shape index (κ1) is 14.4. The zero-order chi connectivity index (χ0) is 14.7. The first-order chi connectivity index (χ1) is 10.3. The summed E-state index contributed by atoms with van der Waals surface area (Å²) < 4.78 is 5.22. The highest BCUT2D eigenvalue weighted by Crippen LogP contribution is 2.27. The maximum Gasteiger partial charge on any atom is 0.238 e. The van der Waals surface area contributed by atoms with Crippen molar-refractivity contribution in [1.82, 2.24) is 9.88 Å². The summed E-state index contributed by atoms with van der Waals surface area (Å²) in [6.45, 7) is 6.05. The van der Waals surface area contributed by atoms with Crippen LogP contribution < -0.4 is 15.4 Å². The average molecular weight is 290 g/mol. The van der Waals surface area contributed by atoms with E-state index < -0.39 is 0 Å². The number of pyridine rings is 1. The summed E-state index contributed by atoms with van der Waals surface area (Å²) in [5.41, 5.74) is 6.43. The fraction of sp³-hybridized carbons (Fsp3) is 0.688. The van der Waals surface area contributed by atoms with E-state index in [4.69, 9.17) is 10.5 Å². The lowest BCUT2D eigenvalue weighted by Crippen LogP contribution is -2.38. The molecule has 2 N–H and O–H groups in total. The van der Waals surface area contributed by atoms with Gasteiger partial charge >= 0.3 is 0 Å². The van der Waals surface area contributed by atoms with Gasteiger partial charge in [-0.15, -0.1) is 0 Å². The summed E-state index contributed by atoms with van der Waals surface area (Å²) in [7, 11) is 1.62. The third-order valence-corrected chi connectivity index (χ3v) is 4.72. The number of aromatic nitrogens is 1. The Bertz CT molecular complexity index is 465. The third-order valence-electron chi connectivity index (χ3n) is 4.72. The molecule has 21 heavy (non-hydrogen) atoms. The first-order valence-corrected chi connectivity index (χ1v) is 8.04. The molecule has 0 bridgehead atoms. The molecule has 0 spiro atoms. The summed E-state index contributed by atoms with van der Waals surface area (Å²) >= 11 is 0. The van der Waals surface area contributed by atoms with E-state index in [9.17, 15) is 0 Å². The Morgan fingerprint density at radius 2 is 1.90 bits per heavy atom. The van der Waals surface area contributed by atoms with Gasteiger partial charge in [-0.05, 0) is 56.8 Å². The number of nitrogen functional groups attached to an aromatic ring is 1. The van der Waals surface area contributed by atoms with Gasteiger partial charge in [-0.3, -0.25) is 0 Å². The third kappa shape index (κ3) is 3.40. The van der Waals surface area contributed by atoms with Crippen LogP contribution in [-0.4, -0.2) is 49.7 Å². The van der Waals surface area contributed by atoms with E-state index in [2.05, 4.69) is 14.8 Å². The van der Waals surface area contributed by atoms with Crippen molar-refractivity contribution in [3.05, 3.63) is 12.1 Å². The second-order valence-corrected chi connectivity index (χ2v) is 6.21. The maximum atomic E-state index is 5.83. The van der Waals surface area contributed by atoms with Crippen molar-refractivity contribution in [2.75, 3.05) is 50.5 Å². The lowest BCUT2D eigenvalue weighted by molar-refractivity contribution is 0.249. The first-order valence-electron chi connectivity index (χ1n) is 8.04. The molecule has 1 aromatic heterocycles. The lowest BCUT2D eigenvalue weighted by atomic mass is 9.96. The molecule has 0 amide bonds. The van der Waals surface area contributed by atoms with Crippen molar-refractivity contribution in [2.45, 2.75) is 25.7 Å². The SMILES string of the molecule is COc1nc(N2CCC(CN3CCCC3)CC2)ccc1N. The largest absolute Gasteiger partial charge is 0.479 e. The highest BCUT2D eigenvalue weighted by Gasteiger charge is 2.23. The number of nitrogens with zero attached hydrogens (tertiary/aromatic N) is 3. The Morgan fingerprint density at radius 3 is 2.57 bits per heavy atom. The Morgan fingerprint density at radius 1 is 1.19 bits per heavy atom. The van der Waals surface area contributed by atoms with Crippen LogP contribution in [0.15, 0.2) is 12.1 Å². The van der Waals surface area contributed by atoms with Crippen LogP contribution >= 0.6 is 0 Å². The van der Waals surface area contributed by atoms with Crippen molar-refractivity contribution in [1.29, 1.82) is 0 Å². The van der Waals surface area contributed by atoms with Gasteiger partial charge in [-0.25, -0.2) is 0 Å². The molecule has 0 unspecified atom stereocenters. The molecule has 0 atom stereocenters. The smallest absolute Gasteiger partial charge is 0.238 e. The molecular weight excluding hydrogens is 264 g/mol. The van der Waals surface area contributed by atoms with E-state index in [0.717, 1.165) is 24.8 Å². The number of hydrogen-bond donors (Lipinski definition) is 1. The molecule has 116 valence electrons. The summed E-state index contributed by atoms with van der Waals surface area (Å²) in [6, 6.07) is 3.89. The molecule has 2 aliphatic rings. The van der Waals surface area contributed by atoms with E-state index in [1.165, 1.54) is 45.3 Å². The highest BCUT2D eigenvalue weighted by atomic mass is 16.5. The number of rotatable bonds is 4. The van der Waals surface area contributed by atoms with Crippen LogP contribution in [0.4, 0.5) is 11.5 Å². The highest BCUT2D eigenvalue weighted by molar-refractivity contribution is 5.54. The molecule has 3 rings (SSSR count). The maximum absolute atomic E-state index is 5.83. The number of nitrogens with two attached hydrogens (primary N) is 1. The monoisotopic (exact) mass is 290 g/mol. The summed E-state index contributed by atoms with van der Waals surface area (Å²) in [5.74, 6) is 2.36. The van der Waals surface area contributed by atoms with E-state index >= 15 is 0 Å². The molecule has 0 aromatic carbocycles. The van der Waals surface area contributed by atoms with Crippen LogP contribution in [0.1, 0.15) is 25.7 Å². The number of likely N-dealkylation sites (tertiary alicyclic amines) is 1. The van der Waals surface area contributed by atoms with Gasteiger partial charge in [0, 0.05) is 19.6 Å². The average Bonchev–Trinajstić information content (AvgIpc) is 3.02. The molecule has 1 aromatic rings. The van der Waals surface area contributed by atoms with E-state index in [1.54, 1.807) is 7.11 Å². The number of anilines is 2. The van der Waals surface area contributed by atoms with Crippen LogP contribution in [0.25, 0.3) is 0 Å². The van der Waals surface area contributed by atoms with E-state index in [1.807, 2.05) is 12.1 Å². The molecule has 5 heteroatoms. The number of hydrogen-bond acceptors (Lipinski definition) is 5. The predicted octanol–water partition coefficient (Wildman–Crippen LogP) is 1.98. The predicted molar refractivity (Wildman–Crippen MR) is 85.8 cm³/mol. The van der Waals surface area contributed by atoms with Crippen molar-refractivity contribution < 1.29 is 4.74 Å². The van der Waals surface area contributed by atoms with Crippen LogP contribution in [-0.2, 0) is 0 Å². The van der Waals surface area contributed by atoms with Crippen LogP contribution in [0, 0.1) is 5.92 Å². The second-order valence-electron chi connectivity index (χ2n) is 6.21. The van der Waals surface area contributed by atoms with E-state index in [0.29, 0.717) is 11.6 Å². The second kappa shape index (κ2) is 6.52. The molecule has 2 fully saturated rings. The summed E-state index contributed by atoms with van der Waals surface area (Å²) in [4.78, 5) is 9.49. The van der Waals surface area contributed by atoms with Gasteiger partial charge in [-0.1, -0.05) is 0 Å². The van der Waals surface area contributed by atoms with E-state index in [-0.39, 0.29) is 0 Å². The Hall–Kier alpha value is -1.49. The number of piperidine rings is 1. The van der Waals surface area contributed by atoms with Gasteiger partial charge in [0.05, 0.1) is 12.8 Å². The van der Waals surface area contributed by atoms with Crippen molar-refractivity contribution >= 4 is 11.5 Å². The van der Waals surface area contributed by atoms with Gasteiger partial charge in [0.25, 0.3) is 0 Å². The number of ether oxygens (including phenoxy) is 1. The van der Waals surface area contributed by atoms with Gasteiger partial charge < -0.3 is 20.3 Å². The minimum atomic E-state index is 0.534. The summed E-state index contributed by atoms with van der Waals surface area (Å²) in [6.07, 6.45) is 5.28. The molecule has 3 heterocycles. The molecular formula is C16H26N4O. The summed E-state index contributed by atoms with van der Waals surface area (Å²) in [5, 5.41) is 0. The minimum absolute atomic E-state index is 0.534. The van der Waals surface area contributed by atoms with Crippen LogP contribution in [0.3, 0.4) is 0 Å². The van der Waals surface area contributed by atoms with Gasteiger partial charge in [0.2, 0.25) is 5.88 Å². The van der Waals surface area contributed by atoms with Crippen molar-refractivity contribution in [2.24, 2.45) is 5.92 Å². The quantitative estimate of drug-likeness (QED) is 0.919. The van der Waals surface area contributed by atoms with Crippen LogP contribution in [0.5, 0.6) is 5.88 Å². The van der Waals surface area contributed by atoms with Crippen LogP contribution in [0.2, 0.25) is 0 Å². The lowest BCUT2D eigenvalue weighted by Gasteiger charge is -2.34. The molecule has 5 nitrogen and oxygen atoms in total. The van der Waals surface area contributed by atoms with Crippen molar-refractivity contribution in [3.8, 4) is 5.88 Å². The Labute approximate surface area is 127 Å². The molecule has 2 saturated heterocycles. The van der Waals surface area contributed by atoms with Gasteiger partial charge in [-0.2, -0.15) is 4.98 Å². The Kier molecular flexibility index (Phi) is 4.48. The standard InChI is InChI=1S/C16H26N4O/c1-21-16-14(17)4-5-15(18-16)20-10-6-13(7-11-20)12-19-8-2-3-9-19/h4-5,13H,2-3,6-12,17H2,1H3. The number of methoxy groups -OCH3 is 1. The zero-order valence-corrected chi connectivity index (χ0v) is 12.9. The van der Waals surface area contributed by atoms with Gasteiger partial charge in [0.1, 0.15) is 5.82 Å². The van der Waals surface area contributed by atoms with Crippen molar-refractivity contribution in [3.63, 3.8) is 0 Å². The normalized spacial score (nSPS) is 20.9. The minimum Gasteiger partial charge on any atom is -0.479 e.